The van der Waals surface area contributed by atoms with Crippen molar-refractivity contribution in [1.82, 2.24) is 25.4 Å². The number of benzene rings is 1. The highest BCUT2D eigenvalue weighted by atomic mass is 32.2. The van der Waals surface area contributed by atoms with Crippen LogP contribution in [0.25, 0.3) is 11.3 Å². The predicted molar refractivity (Wildman–Crippen MR) is 84.5 cm³/mol. The lowest BCUT2D eigenvalue weighted by Crippen LogP contribution is -2.14. The summed E-state index contributed by atoms with van der Waals surface area (Å²) in [6, 6.07) is 9.46. The Morgan fingerprint density at radius 1 is 1.32 bits per heavy atom. The van der Waals surface area contributed by atoms with Crippen LogP contribution >= 0.6 is 11.8 Å². The van der Waals surface area contributed by atoms with E-state index in [9.17, 15) is 4.79 Å². The van der Waals surface area contributed by atoms with E-state index in [1.54, 1.807) is 6.20 Å². The maximum atomic E-state index is 12.0. The summed E-state index contributed by atoms with van der Waals surface area (Å²) in [6.07, 6.45) is 1.69. The smallest absolute Gasteiger partial charge is 0.234 e. The number of aryl methyl sites for hydroxylation is 1. The molecule has 0 fully saturated rings. The van der Waals surface area contributed by atoms with Crippen LogP contribution in [0.5, 0.6) is 0 Å². The molecule has 22 heavy (non-hydrogen) atoms. The standard InChI is InChI=1S/C14H14N6OS/c1-9-16-14(20-18-9)22-8-13(21)17-11-4-2-3-10(7-11)12-5-6-15-19-12/h2-7H,8H2,1H3,(H,15,19)(H,17,21)(H,16,18,20). The van der Waals surface area contributed by atoms with Gasteiger partial charge in [-0.05, 0) is 25.1 Å². The molecule has 0 aliphatic rings. The maximum absolute atomic E-state index is 12.0. The van der Waals surface area contributed by atoms with Crippen LogP contribution in [-0.4, -0.2) is 37.0 Å². The van der Waals surface area contributed by atoms with Gasteiger partial charge in [-0.1, -0.05) is 23.9 Å². The van der Waals surface area contributed by atoms with E-state index in [0.717, 1.165) is 22.8 Å². The highest BCUT2D eigenvalue weighted by Gasteiger charge is 2.07. The third-order valence-corrected chi connectivity index (χ3v) is 3.71. The number of nitrogens with one attached hydrogen (secondary N) is 3. The second kappa shape index (κ2) is 6.44. The molecule has 0 atom stereocenters. The fourth-order valence-corrected chi connectivity index (χ4v) is 2.54. The Bertz CT molecular complexity index is 767. The van der Waals surface area contributed by atoms with Crippen LogP contribution in [0.2, 0.25) is 0 Å². The minimum atomic E-state index is -0.103. The van der Waals surface area contributed by atoms with Gasteiger partial charge in [0.25, 0.3) is 0 Å². The summed E-state index contributed by atoms with van der Waals surface area (Å²) in [5.41, 5.74) is 2.61. The number of hydrogen-bond acceptors (Lipinski definition) is 5. The second-order valence-electron chi connectivity index (χ2n) is 4.59. The van der Waals surface area contributed by atoms with Crippen molar-refractivity contribution in [2.75, 3.05) is 11.1 Å². The lowest BCUT2D eigenvalue weighted by molar-refractivity contribution is -0.113. The van der Waals surface area contributed by atoms with Crippen molar-refractivity contribution in [3.8, 4) is 11.3 Å². The minimum Gasteiger partial charge on any atom is -0.325 e. The number of amides is 1. The van der Waals surface area contributed by atoms with Gasteiger partial charge in [0.15, 0.2) is 0 Å². The third kappa shape index (κ3) is 3.53. The van der Waals surface area contributed by atoms with Gasteiger partial charge < -0.3 is 5.32 Å². The molecule has 0 saturated carbocycles. The molecule has 7 nitrogen and oxygen atoms in total. The van der Waals surface area contributed by atoms with Gasteiger partial charge in [-0.15, -0.1) is 5.10 Å². The Kier molecular flexibility index (Phi) is 4.19. The quantitative estimate of drug-likeness (QED) is 0.627. The van der Waals surface area contributed by atoms with Crippen molar-refractivity contribution in [2.45, 2.75) is 12.1 Å². The molecule has 0 bridgehead atoms. The molecule has 0 aliphatic heterocycles. The molecule has 8 heteroatoms. The van der Waals surface area contributed by atoms with Gasteiger partial charge in [-0.3, -0.25) is 15.0 Å². The summed E-state index contributed by atoms with van der Waals surface area (Å²) in [4.78, 5) is 16.1. The van der Waals surface area contributed by atoms with Crippen molar-refractivity contribution < 1.29 is 4.79 Å². The first-order chi connectivity index (χ1) is 10.7. The van der Waals surface area contributed by atoms with Crippen LogP contribution in [-0.2, 0) is 4.79 Å². The van der Waals surface area contributed by atoms with Gasteiger partial charge in [0.1, 0.15) is 5.82 Å². The SMILES string of the molecule is Cc1nc(SCC(=O)Nc2cccc(-c3ccn[nH]3)c2)n[nH]1. The highest BCUT2D eigenvalue weighted by Crippen LogP contribution is 2.20. The number of anilines is 1. The molecule has 2 aromatic heterocycles. The highest BCUT2D eigenvalue weighted by molar-refractivity contribution is 7.99. The largest absolute Gasteiger partial charge is 0.325 e. The van der Waals surface area contributed by atoms with E-state index in [4.69, 9.17) is 0 Å². The van der Waals surface area contributed by atoms with Crippen molar-refractivity contribution in [2.24, 2.45) is 0 Å². The number of carbonyl (C=O) groups is 1. The molecule has 1 aromatic carbocycles. The topological polar surface area (TPSA) is 99.3 Å². The molecule has 0 saturated heterocycles. The van der Waals surface area contributed by atoms with Crippen LogP contribution in [0, 0.1) is 6.92 Å². The molecule has 0 unspecified atom stereocenters. The summed E-state index contributed by atoms with van der Waals surface area (Å²) in [5.74, 6) is 0.885. The molecule has 3 N–H and O–H groups in total. The molecular weight excluding hydrogens is 300 g/mol. The van der Waals surface area contributed by atoms with E-state index in [0.29, 0.717) is 5.16 Å². The summed E-state index contributed by atoms with van der Waals surface area (Å²) in [7, 11) is 0. The Balaban J connectivity index is 1.60. The number of carbonyl (C=O) groups excluding carboxylic acids is 1. The van der Waals surface area contributed by atoms with E-state index in [2.05, 4.69) is 30.7 Å². The van der Waals surface area contributed by atoms with Gasteiger partial charge in [0.05, 0.1) is 11.4 Å². The molecule has 1 amide bonds. The molecule has 0 radical (unpaired) electrons. The van der Waals surface area contributed by atoms with Crippen molar-refractivity contribution >= 4 is 23.4 Å². The van der Waals surface area contributed by atoms with Gasteiger partial charge in [0.2, 0.25) is 11.1 Å². The fraction of sp³-hybridized carbons (Fsp3) is 0.143. The van der Waals surface area contributed by atoms with Crippen LogP contribution < -0.4 is 5.32 Å². The Morgan fingerprint density at radius 2 is 2.23 bits per heavy atom. The first-order valence-electron chi connectivity index (χ1n) is 6.62. The number of H-pyrrole nitrogens is 2. The van der Waals surface area contributed by atoms with Gasteiger partial charge in [0, 0.05) is 17.4 Å². The molecule has 0 aliphatic carbocycles. The predicted octanol–water partition coefficient (Wildman–Crippen LogP) is 2.23. The van der Waals surface area contributed by atoms with Crippen molar-refractivity contribution in [1.29, 1.82) is 0 Å². The maximum Gasteiger partial charge on any atom is 0.234 e. The number of rotatable bonds is 5. The zero-order valence-corrected chi connectivity index (χ0v) is 12.6. The molecule has 3 aromatic rings. The number of thioether (sulfide) groups is 1. The van der Waals surface area contributed by atoms with E-state index in [-0.39, 0.29) is 11.7 Å². The Hall–Kier alpha value is -2.61. The van der Waals surface area contributed by atoms with Crippen LogP contribution in [0.4, 0.5) is 5.69 Å². The second-order valence-corrected chi connectivity index (χ2v) is 5.53. The van der Waals surface area contributed by atoms with E-state index in [1.165, 1.54) is 11.8 Å². The van der Waals surface area contributed by atoms with E-state index in [1.807, 2.05) is 37.3 Å². The molecular formula is C14H14N6OS. The number of hydrogen-bond donors (Lipinski definition) is 3. The van der Waals surface area contributed by atoms with E-state index < -0.39 is 0 Å². The first kappa shape index (κ1) is 14.3. The molecule has 2 heterocycles. The van der Waals surface area contributed by atoms with Crippen LogP contribution in [0.1, 0.15) is 5.82 Å². The van der Waals surface area contributed by atoms with Crippen LogP contribution in [0.3, 0.4) is 0 Å². The molecule has 0 spiro atoms. The van der Waals surface area contributed by atoms with E-state index >= 15 is 0 Å². The average molecular weight is 314 g/mol. The fourth-order valence-electron chi connectivity index (χ4n) is 1.90. The lowest BCUT2D eigenvalue weighted by Gasteiger charge is -2.06. The number of aromatic nitrogens is 5. The van der Waals surface area contributed by atoms with Crippen LogP contribution in [0.15, 0.2) is 41.7 Å². The summed E-state index contributed by atoms with van der Waals surface area (Å²) < 4.78 is 0. The number of nitrogens with zero attached hydrogens (tertiary/aromatic N) is 3. The van der Waals surface area contributed by atoms with Gasteiger partial charge in [-0.2, -0.15) is 5.10 Å². The average Bonchev–Trinajstić information content (AvgIpc) is 3.17. The van der Waals surface area contributed by atoms with Crippen molar-refractivity contribution in [3.05, 3.63) is 42.4 Å². The first-order valence-corrected chi connectivity index (χ1v) is 7.61. The zero-order chi connectivity index (χ0) is 15.4. The van der Waals surface area contributed by atoms with Crippen molar-refractivity contribution in [3.63, 3.8) is 0 Å². The Morgan fingerprint density at radius 3 is 2.95 bits per heavy atom. The monoisotopic (exact) mass is 314 g/mol. The minimum absolute atomic E-state index is 0.103. The zero-order valence-electron chi connectivity index (χ0n) is 11.8. The summed E-state index contributed by atoms with van der Waals surface area (Å²) >= 11 is 1.29. The third-order valence-electron chi connectivity index (χ3n) is 2.87. The van der Waals surface area contributed by atoms with Gasteiger partial charge >= 0.3 is 0 Å². The van der Waals surface area contributed by atoms with Gasteiger partial charge in [-0.25, -0.2) is 4.98 Å². The lowest BCUT2D eigenvalue weighted by atomic mass is 10.1. The molecule has 3 rings (SSSR count). The summed E-state index contributed by atoms with van der Waals surface area (Å²) in [5, 5.41) is 17.0. The normalized spacial score (nSPS) is 10.6. The summed E-state index contributed by atoms with van der Waals surface area (Å²) in [6.45, 7) is 1.82. The molecule has 112 valence electrons. The Labute approximate surface area is 130 Å². The number of aromatic amines is 2.